The monoisotopic (exact) mass is 287 g/mol. The molecule has 1 aromatic carbocycles. The Bertz CT molecular complexity index is 610. The second-order valence-corrected chi connectivity index (χ2v) is 5.65. The largest absolute Gasteiger partial charge is 0.497 e. The molecule has 0 radical (unpaired) electrons. The summed E-state index contributed by atoms with van der Waals surface area (Å²) in [5.74, 6) is 1.34. The van der Waals surface area contributed by atoms with Crippen LogP contribution >= 0.6 is 0 Å². The first-order chi connectivity index (χ1) is 10.2. The average Bonchev–Trinajstić information content (AvgIpc) is 2.83. The quantitative estimate of drug-likeness (QED) is 0.899. The predicted molar refractivity (Wildman–Crippen MR) is 81.5 cm³/mol. The number of rotatable bonds is 3. The van der Waals surface area contributed by atoms with Crippen LogP contribution in [0.4, 0.5) is 0 Å². The highest BCUT2D eigenvalue weighted by atomic mass is 16.5. The van der Waals surface area contributed by atoms with Gasteiger partial charge in [-0.15, -0.1) is 0 Å². The summed E-state index contributed by atoms with van der Waals surface area (Å²) in [5.41, 5.74) is 1.59. The van der Waals surface area contributed by atoms with Crippen molar-refractivity contribution in [3.63, 3.8) is 0 Å². The van der Waals surface area contributed by atoms with E-state index in [0.29, 0.717) is 5.92 Å². The molecule has 4 heteroatoms. The fraction of sp³-hybridized carbons (Fsp3) is 0.412. The van der Waals surface area contributed by atoms with E-state index >= 15 is 0 Å². The first kappa shape index (κ1) is 13.9. The van der Waals surface area contributed by atoms with Gasteiger partial charge in [-0.1, -0.05) is 19.3 Å². The molecular weight excluding hydrogens is 266 g/mol. The molecule has 1 heterocycles. The number of methoxy groups -OCH3 is 1. The number of hydrogen-bond acceptors (Lipinski definition) is 3. The van der Waals surface area contributed by atoms with E-state index in [-0.39, 0.29) is 11.8 Å². The van der Waals surface area contributed by atoms with E-state index in [1.807, 2.05) is 24.3 Å². The van der Waals surface area contributed by atoms with Gasteiger partial charge < -0.3 is 14.9 Å². The van der Waals surface area contributed by atoms with E-state index in [0.717, 1.165) is 29.8 Å². The van der Waals surface area contributed by atoms with Gasteiger partial charge in [0.15, 0.2) is 5.88 Å². The van der Waals surface area contributed by atoms with Crippen LogP contribution in [0.25, 0.3) is 5.69 Å². The highest BCUT2D eigenvalue weighted by Crippen LogP contribution is 2.42. The zero-order valence-electron chi connectivity index (χ0n) is 12.2. The van der Waals surface area contributed by atoms with Crippen molar-refractivity contribution < 1.29 is 14.9 Å². The van der Waals surface area contributed by atoms with Crippen LogP contribution in [0.1, 0.15) is 43.6 Å². The lowest BCUT2D eigenvalue weighted by atomic mass is 9.85. The first-order valence-corrected chi connectivity index (χ1v) is 7.48. The summed E-state index contributed by atoms with van der Waals surface area (Å²) in [7, 11) is 1.61. The van der Waals surface area contributed by atoms with E-state index in [1.165, 1.54) is 23.8 Å². The third-order valence-corrected chi connectivity index (χ3v) is 4.36. The Balaban J connectivity index is 1.96. The van der Waals surface area contributed by atoms with Crippen LogP contribution in [-0.4, -0.2) is 21.9 Å². The number of aromatic hydroxyl groups is 2. The van der Waals surface area contributed by atoms with Crippen molar-refractivity contribution in [1.29, 1.82) is 0 Å². The molecule has 0 atom stereocenters. The minimum absolute atomic E-state index is 0.0817. The summed E-state index contributed by atoms with van der Waals surface area (Å²) in [6.07, 6.45) is 5.82. The van der Waals surface area contributed by atoms with Crippen molar-refractivity contribution in [1.82, 2.24) is 4.57 Å². The van der Waals surface area contributed by atoms with Crippen LogP contribution < -0.4 is 4.74 Å². The fourth-order valence-corrected chi connectivity index (χ4v) is 3.21. The maximum absolute atomic E-state index is 10.5. The van der Waals surface area contributed by atoms with E-state index in [4.69, 9.17) is 4.74 Å². The summed E-state index contributed by atoms with van der Waals surface area (Å²) >= 11 is 0. The Kier molecular flexibility index (Phi) is 3.78. The molecule has 2 N–H and O–H groups in total. The van der Waals surface area contributed by atoms with Crippen LogP contribution in [0.15, 0.2) is 30.3 Å². The van der Waals surface area contributed by atoms with E-state index in [9.17, 15) is 10.2 Å². The number of aromatic nitrogens is 1. The molecule has 4 nitrogen and oxygen atoms in total. The minimum atomic E-state index is 0.0817. The van der Waals surface area contributed by atoms with Crippen LogP contribution in [0.3, 0.4) is 0 Å². The highest BCUT2D eigenvalue weighted by molar-refractivity contribution is 5.49. The lowest BCUT2D eigenvalue weighted by molar-refractivity contribution is 0.388. The molecule has 1 fully saturated rings. The maximum Gasteiger partial charge on any atom is 0.202 e. The standard InChI is InChI=1S/C17H21NO3/c1-21-14-9-7-13(8-10-14)18-16(19)11-15(17(18)20)12-5-3-2-4-6-12/h7-12,19-20H,2-6H2,1H3. The van der Waals surface area contributed by atoms with Gasteiger partial charge in [0.2, 0.25) is 5.88 Å². The van der Waals surface area contributed by atoms with Gasteiger partial charge in [-0.3, -0.25) is 4.57 Å². The van der Waals surface area contributed by atoms with Gasteiger partial charge in [0.05, 0.1) is 12.8 Å². The number of nitrogens with zero attached hydrogens (tertiary/aromatic N) is 1. The molecule has 1 aliphatic carbocycles. The Morgan fingerprint density at radius 1 is 1.05 bits per heavy atom. The predicted octanol–water partition coefficient (Wildman–Crippen LogP) is 3.94. The normalized spacial score (nSPS) is 16.0. The van der Waals surface area contributed by atoms with Gasteiger partial charge in [-0.05, 0) is 43.0 Å². The second-order valence-electron chi connectivity index (χ2n) is 5.65. The van der Waals surface area contributed by atoms with Gasteiger partial charge in [0, 0.05) is 11.6 Å². The lowest BCUT2D eigenvalue weighted by Gasteiger charge is -2.21. The third kappa shape index (κ3) is 2.58. The molecule has 2 aromatic rings. The number of benzene rings is 1. The molecule has 0 unspecified atom stereocenters. The maximum atomic E-state index is 10.5. The molecule has 0 amide bonds. The molecule has 0 spiro atoms. The van der Waals surface area contributed by atoms with Crippen molar-refractivity contribution in [2.75, 3.05) is 7.11 Å². The zero-order chi connectivity index (χ0) is 14.8. The summed E-state index contributed by atoms with van der Waals surface area (Å²) in [5, 5.41) is 20.7. The lowest BCUT2D eigenvalue weighted by Crippen LogP contribution is -2.04. The summed E-state index contributed by atoms with van der Waals surface area (Å²) in [4.78, 5) is 0. The number of ether oxygens (including phenoxy) is 1. The first-order valence-electron chi connectivity index (χ1n) is 7.48. The van der Waals surface area contributed by atoms with Crippen molar-refractivity contribution in [3.8, 4) is 23.2 Å². The Morgan fingerprint density at radius 2 is 1.71 bits per heavy atom. The van der Waals surface area contributed by atoms with E-state index < -0.39 is 0 Å². The fourth-order valence-electron chi connectivity index (χ4n) is 3.21. The second kappa shape index (κ2) is 5.72. The van der Waals surface area contributed by atoms with Crippen LogP contribution in [0, 0.1) is 0 Å². The average molecular weight is 287 g/mol. The molecule has 112 valence electrons. The summed E-state index contributed by atoms with van der Waals surface area (Å²) in [6, 6.07) is 8.98. The molecular formula is C17H21NO3. The smallest absolute Gasteiger partial charge is 0.202 e. The molecule has 0 bridgehead atoms. The molecule has 21 heavy (non-hydrogen) atoms. The Labute approximate surface area is 124 Å². The van der Waals surface area contributed by atoms with E-state index in [2.05, 4.69) is 0 Å². The number of hydrogen-bond donors (Lipinski definition) is 2. The highest BCUT2D eigenvalue weighted by Gasteiger charge is 2.24. The van der Waals surface area contributed by atoms with Gasteiger partial charge in [0.1, 0.15) is 5.75 Å². The Morgan fingerprint density at radius 3 is 2.33 bits per heavy atom. The van der Waals surface area contributed by atoms with Gasteiger partial charge in [-0.25, -0.2) is 0 Å². The molecule has 3 rings (SSSR count). The molecule has 1 saturated carbocycles. The van der Waals surface area contributed by atoms with Gasteiger partial charge in [-0.2, -0.15) is 0 Å². The van der Waals surface area contributed by atoms with Crippen LogP contribution in [-0.2, 0) is 0 Å². The molecule has 1 aromatic heterocycles. The summed E-state index contributed by atoms with van der Waals surface area (Å²) in [6.45, 7) is 0. The third-order valence-electron chi connectivity index (χ3n) is 4.36. The molecule has 0 saturated heterocycles. The van der Waals surface area contributed by atoms with Gasteiger partial charge >= 0.3 is 0 Å². The van der Waals surface area contributed by atoms with E-state index in [1.54, 1.807) is 13.2 Å². The van der Waals surface area contributed by atoms with Gasteiger partial charge in [0.25, 0.3) is 0 Å². The zero-order valence-corrected chi connectivity index (χ0v) is 12.2. The topological polar surface area (TPSA) is 54.6 Å². The van der Waals surface area contributed by atoms with Crippen molar-refractivity contribution >= 4 is 0 Å². The Hall–Kier alpha value is -2.10. The SMILES string of the molecule is COc1ccc(-n2c(O)cc(C3CCCCC3)c2O)cc1. The van der Waals surface area contributed by atoms with Crippen molar-refractivity contribution in [2.24, 2.45) is 0 Å². The van der Waals surface area contributed by atoms with Crippen LogP contribution in [0.2, 0.25) is 0 Å². The summed E-state index contributed by atoms with van der Waals surface area (Å²) < 4.78 is 6.62. The van der Waals surface area contributed by atoms with Crippen LogP contribution in [0.5, 0.6) is 17.5 Å². The minimum Gasteiger partial charge on any atom is -0.497 e. The molecule has 1 aliphatic rings. The van der Waals surface area contributed by atoms with Crippen molar-refractivity contribution in [3.05, 3.63) is 35.9 Å². The molecule has 0 aliphatic heterocycles. The van der Waals surface area contributed by atoms with Crippen molar-refractivity contribution in [2.45, 2.75) is 38.0 Å².